The van der Waals surface area contributed by atoms with Gasteiger partial charge in [0.25, 0.3) is 0 Å². The van der Waals surface area contributed by atoms with Crippen LogP contribution in [0.1, 0.15) is 18.4 Å². The van der Waals surface area contributed by atoms with Gasteiger partial charge < -0.3 is 10.0 Å². The van der Waals surface area contributed by atoms with E-state index in [4.69, 9.17) is 5.11 Å². The zero-order valence-electron chi connectivity index (χ0n) is 12.5. The summed E-state index contributed by atoms with van der Waals surface area (Å²) in [5.41, 5.74) is 1.74. The minimum atomic E-state index is -1.04. The van der Waals surface area contributed by atoms with Gasteiger partial charge in [-0.25, -0.2) is 4.79 Å². The van der Waals surface area contributed by atoms with Crippen LogP contribution in [0.15, 0.2) is 54.1 Å². The highest BCUT2D eigenvalue weighted by molar-refractivity contribution is 5.85. The van der Waals surface area contributed by atoms with E-state index in [1.807, 2.05) is 24.3 Å². The molecule has 1 rings (SSSR count). The molecule has 1 aromatic rings. The number of benzene rings is 1. The number of aryl methyl sites for hydroxylation is 1. The molecule has 4 nitrogen and oxygen atoms in total. The third-order valence-electron chi connectivity index (χ3n) is 2.94. The summed E-state index contributed by atoms with van der Waals surface area (Å²) >= 11 is 0. The molecule has 0 aromatic heterocycles. The van der Waals surface area contributed by atoms with Crippen molar-refractivity contribution in [3.05, 3.63) is 59.7 Å². The Morgan fingerprint density at radius 1 is 1.19 bits per heavy atom. The van der Waals surface area contributed by atoms with Crippen molar-refractivity contribution in [1.82, 2.24) is 4.90 Å². The number of carboxylic acid groups (broad SMARTS) is 1. The van der Waals surface area contributed by atoms with Gasteiger partial charge in [0, 0.05) is 20.2 Å². The SMILES string of the molecule is CN(C)C(=O)CC(=C/C(=O)O)/C=C/CCc1ccccc1. The lowest BCUT2D eigenvalue weighted by Crippen LogP contribution is -2.21. The summed E-state index contributed by atoms with van der Waals surface area (Å²) in [7, 11) is 3.31. The van der Waals surface area contributed by atoms with Gasteiger partial charge in [-0.3, -0.25) is 4.79 Å². The topological polar surface area (TPSA) is 57.6 Å². The van der Waals surface area contributed by atoms with Gasteiger partial charge in [-0.2, -0.15) is 0 Å². The molecule has 0 fully saturated rings. The van der Waals surface area contributed by atoms with Crippen LogP contribution in [-0.2, 0) is 16.0 Å². The highest BCUT2D eigenvalue weighted by atomic mass is 16.4. The smallest absolute Gasteiger partial charge is 0.328 e. The Labute approximate surface area is 125 Å². The van der Waals surface area contributed by atoms with Crippen molar-refractivity contribution >= 4 is 11.9 Å². The largest absolute Gasteiger partial charge is 0.478 e. The van der Waals surface area contributed by atoms with E-state index >= 15 is 0 Å². The minimum Gasteiger partial charge on any atom is -0.478 e. The fourth-order valence-corrected chi connectivity index (χ4v) is 1.78. The van der Waals surface area contributed by atoms with Gasteiger partial charge in [-0.1, -0.05) is 42.5 Å². The second kappa shape index (κ2) is 8.74. The van der Waals surface area contributed by atoms with Gasteiger partial charge in [0.2, 0.25) is 5.91 Å². The molecule has 0 aliphatic heterocycles. The van der Waals surface area contributed by atoms with Crippen LogP contribution in [0, 0.1) is 0 Å². The second-order valence-corrected chi connectivity index (χ2v) is 4.95. The predicted molar refractivity (Wildman–Crippen MR) is 82.9 cm³/mol. The van der Waals surface area contributed by atoms with Crippen molar-refractivity contribution in [2.24, 2.45) is 0 Å². The molecular weight excluding hydrogens is 266 g/mol. The van der Waals surface area contributed by atoms with Crippen LogP contribution in [-0.4, -0.2) is 36.0 Å². The third-order valence-corrected chi connectivity index (χ3v) is 2.94. The second-order valence-electron chi connectivity index (χ2n) is 4.95. The van der Waals surface area contributed by atoms with E-state index in [1.54, 1.807) is 20.2 Å². The lowest BCUT2D eigenvalue weighted by atomic mass is 10.1. The van der Waals surface area contributed by atoms with Gasteiger partial charge in [0.1, 0.15) is 0 Å². The van der Waals surface area contributed by atoms with Gasteiger partial charge in [0.05, 0.1) is 6.42 Å². The summed E-state index contributed by atoms with van der Waals surface area (Å²) in [5, 5.41) is 8.83. The average Bonchev–Trinajstić information content (AvgIpc) is 2.43. The molecule has 1 N–H and O–H groups in total. The molecule has 0 atom stereocenters. The Hall–Kier alpha value is -2.36. The van der Waals surface area contributed by atoms with Crippen LogP contribution in [0.2, 0.25) is 0 Å². The number of carboxylic acids is 1. The summed E-state index contributed by atoms with van der Waals surface area (Å²) < 4.78 is 0. The van der Waals surface area contributed by atoms with Crippen molar-refractivity contribution in [3.63, 3.8) is 0 Å². The van der Waals surface area contributed by atoms with Crippen molar-refractivity contribution in [3.8, 4) is 0 Å². The van der Waals surface area contributed by atoms with Gasteiger partial charge in [0.15, 0.2) is 0 Å². The average molecular weight is 287 g/mol. The third kappa shape index (κ3) is 7.11. The van der Waals surface area contributed by atoms with Crippen molar-refractivity contribution in [2.75, 3.05) is 14.1 Å². The molecule has 112 valence electrons. The lowest BCUT2D eigenvalue weighted by Gasteiger charge is -2.10. The highest BCUT2D eigenvalue weighted by Gasteiger charge is 2.07. The number of allylic oxidation sites excluding steroid dienone is 2. The monoisotopic (exact) mass is 287 g/mol. The van der Waals surface area contributed by atoms with Crippen LogP contribution in [0.5, 0.6) is 0 Å². The van der Waals surface area contributed by atoms with Crippen molar-refractivity contribution < 1.29 is 14.7 Å². The highest BCUT2D eigenvalue weighted by Crippen LogP contribution is 2.08. The number of rotatable bonds is 7. The van der Waals surface area contributed by atoms with Crippen molar-refractivity contribution in [1.29, 1.82) is 0 Å². The predicted octanol–water partition coefficient (Wildman–Crippen LogP) is 2.66. The Morgan fingerprint density at radius 2 is 1.86 bits per heavy atom. The van der Waals surface area contributed by atoms with E-state index in [-0.39, 0.29) is 12.3 Å². The zero-order valence-corrected chi connectivity index (χ0v) is 12.5. The maximum Gasteiger partial charge on any atom is 0.328 e. The van der Waals surface area contributed by atoms with Crippen LogP contribution in [0.4, 0.5) is 0 Å². The first kappa shape index (κ1) is 16.7. The van der Waals surface area contributed by atoms with Gasteiger partial charge in [-0.05, 0) is 24.0 Å². The van der Waals surface area contributed by atoms with E-state index in [2.05, 4.69) is 12.1 Å². The van der Waals surface area contributed by atoms with Crippen LogP contribution in [0.3, 0.4) is 0 Å². The van der Waals surface area contributed by atoms with Crippen LogP contribution < -0.4 is 0 Å². The summed E-state index contributed by atoms with van der Waals surface area (Å²) in [6.45, 7) is 0. The molecule has 21 heavy (non-hydrogen) atoms. The Morgan fingerprint density at radius 3 is 2.43 bits per heavy atom. The number of carbonyl (C=O) groups is 2. The van der Waals surface area contributed by atoms with E-state index < -0.39 is 5.97 Å². The number of nitrogens with zero attached hydrogens (tertiary/aromatic N) is 1. The van der Waals surface area contributed by atoms with E-state index in [0.717, 1.165) is 18.9 Å². The number of aliphatic carboxylic acids is 1. The summed E-state index contributed by atoms with van der Waals surface area (Å²) in [4.78, 5) is 23.9. The number of hydrogen-bond donors (Lipinski definition) is 1. The lowest BCUT2D eigenvalue weighted by molar-refractivity contribution is -0.131. The molecule has 4 heteroatoms. The van der Waals surface area contributed by atoms with E-state index in [9.17, 15) is 9.59 Å². The maximum absolute atomic E-state index is 11.6. The number of hydrogen-bond acceptors (Lipinski definition) is 2. The fourth-order valence-electron chi connectivity index (χ4n) is 1.78. The van der Waals surface area contributed by atoms with Crippen LogP contribution in [0.25, 0.3) is 0 Å². The van der Waals surface area contributed by atoms with E-state index in [0.29, 0.717) is 5.57 Å². The quantitative estimate of drug-likeness (QED) is 0.619. The molecule has 0 saturated heterocycles. The standard InChI is InChI=1S/C17H21NO3/c1-18(2)16(19)12-15(13-17(20)21)11-7-6-10-14-8-4-3-5-9-14/h3-5,7-9,11,13H,6,10,12H2,1-2H3,(H,20,21)/b11-7+,15-13+. The molecule has 1 aromatic carbocycles. The normalized spacial score (nSPS) is 11.6. The van der Waals surface area contributed by atoms with Gasteiger partial charge >= 0.3 is 5.97 Å². The first-order valence-corrected chi connectivity index (χ1v) is 6.83. The fraction of sp³-hybridized carbons (Fsp3) is 0.294. The zero-order chi connectivity index (χ0) is 15.7. The molecule has 0 aliphatic rings. The summed E-state index contributed by atoms with van der Waals surface area (Å²) in [6, 6.07) is 10.1. The molecule has 1 amide bonds. The summed E-state index contributed by atoms with van der Waals surface area (Å²) in [5.74, 6) is -1.15. The molecule has 0 bridgehead atoms. The Balaban J connectivity index is 2.58. The van der Waals surface area contributed by atoms with Crippen LogP contribution >= 0.6 is 0 Å². The maximum atomic E-state index is 11.6. The molecule has 0 aliphatic carbocycles. The first-order valence-electron chi connectivity index (χ1n) is 6.83. The van der Waals surface area contributed by atoms with Gasteiger partial charge in [-0.15, -0.1) is 0 Å². The summed E-state index contributed by atoms with van der Waals surface area (Å²) in [6.07, 6.45) is 6.50. The molecule has 0 radical (unpaired) electrons. The molecule has 0 saturated carbocycles. The molecule has 0 heterocycles. The first-order chi connectivity index (χ1) is 9.99. The Bertz CT molecular complexity index is 530. The number of amides is 1. The molecule has 0 unspecified atom stereocenters. The number of carbonyl (C=O) groups excluding carboxylic acids is 1. The molecule has 0 spiro atoms. The van der Waals surface area contributed by atoms with Crippen molar-refractivity contribution in [2.45, 2.75) is 19.3 Å². The minimum absolute atomic E-state index is 0.0984. The molecular formula is C17H21NO3. The van der Waals surface area contributed by atoms with E-state index in [1.165, 1.54) is 10.5 Å². The Kier molecular flexibility index (Phi) is 6.95.